The van der Waals surface area contributed by atoms with E-state index in [4.69, 9.17) is 4.74 Å². The van der Waals surface area contributed by atoms with Crippen LogP contribution in [0.2, 0.25) is 0 Å². The minimum atomic E-state index is 0.318. The molecule has 2 heterocycles. The topological polar surface area (TPSA) is 30.3 Å². The van der Waals surface area contributed by atoms with Gasteiger partial charge in [0.05, 0.1) is 0 Å². The van der Waals surface area contributed by atoms with E-state index < -0.39 is 0 Å². The first-order valence-electron chi connectivity index (χ1n) is 8.13. The van der Waals surface area contributed by atoms with Gasteiger partial charge in [0.1, 0.15) is 17.7 Å². The molecule has 1 aliphatic heterocycles. The molecule has 0 N–H and O–H groups in total. The Hall–Kier alpha value is -1.81. The molecule has 0 unspecified atom stereocenters. The molecule has 0 radical (unpaired) electrons. The summed E-state index contributed by atoms with van der Waals surface area (Å²) in [5.41, 5.74) is 1.27. The summed E-state index contributed by atoms with van der Waals surface area (Å²) in [7, 11) is 0. The van der Waals surface area contributed by atoms with Crippen molar-refractivity contribution < 1.29 is 4.74 Å². The Morgan fingerprint density at radius 3 is 2.68 bits per heavy atom. The number of ether oxygens (including phenoxy) is 1. The first-order valence-corrected chi connectivity index (χ1v) is 8.13. The number of benzene rings is 1. The van der Waals surface area contributed by atoms with Crippen molar-refractivity contribution in [3.8, 4) is 5.75 Å². The van der Waals surface area contributed by atoms with Crippen molar-refractivity contribution in [2.75, 3.05) is 13.1 Å². The lowest BCUT2D eigenvalue weighted by Crippen LogP contribution is -2.57. The molecule has 3 rings (SSSR count). The van der Waals surface area contributed by atoms with Crippen molar-refractivity contribution in [3.05, 3.63) is 48.0 Å². The van der Waals surface area contributed by atoms with Crippen LogP contribution in [-0.2, 0) is 13.0 Å². The summed E-state index contributed by atoms with van der Waals surface area (Å²) < 4.78 is 8.27. The molecular weight excluding hydrogens is 274 g/mol. The van der Waals surface area contributed by atoms with Gasteiger partial charge < -0.3 is 9.30 Å². The predicted molar refractivity (Wildman–Crippen MR) is 88.2 cm³/mol. The van der Waals surface area contributed by atoms with Gasteiger partial charge in [-0.25, -0.2) is 4.98 Å². The van der Waals surface area contributed by atoms with Gasteiger partial charge in [0.2, 0.25) is 0 Å². The van der Waals surface area contributed by atoms with Gasteiger partial charge in [-0.2, -0.15) is 0 Å². The molecule has 22 heavy (non-hydrogen) atoms. The quantitative estimate of drug-likeness (QED) is 0.821. The molecular formula is C18H25N3O. The highest BCUT2D eigenvalue weighted by Gasteiger charge is 2.32. The van der Waals surface area contributed by atoms with Gasteiger partial charge in [-0.15, -0.1) is 0 Å². The zero-order valence-corrected chi connectivity index (χ0v) is 13.7. The van der Waals surface area contributed by atoms with Crippen molar-refractivity contribution >= 4 is 0 Å². The van der Waals surface area contributed by atoms with Crippen LogP contribution in [0.3, 0.4) is 0 Å². The van der Waals surface area contributed by atoms with Gasteiger partial charge in [0.25, 0.3) is 0 Å². The maximum atomic E-state index is 6.00. The summed E-state index contributed by atoms with van der Waals surface area (Å²) >= 11 is 0. The van der Waals surface area contributed by atoms with Gasteiger partial charge in [-0.1, -0.05) is 24.6 Å². The fraction of sp³-hybridized carbons (Fsp3) is 0.500. The van der Waals surface area contributed by atoms with E-state index in [1.54, 1.807) is 0 Å². The second kappa shape index (κ2) is 6.53. The molecule has 4 nitrogen and oxygen atoms in total. The van der Waals surface area contributed by atoms with Crippen LogP contribution in [0.1, 0.15) is 25.2 Å². The minimum Gasteiger partial charge on any atom is -0.488 e. The lowest BCUT2D eigenvalue weighted by molar-refractivity contribution is -0.00878. The molecule has 0 amide bonds. The molecule has 1 aromatic carbocycles. The SMILES string of the molecule is CCc1nccn1C[C@@H](C)N1CC(Oc2ccc(C)cc2)C1. The Bertz CT molecular complexity index is 599. The molecule has 1 fully saturated rings. The molecule has 2 aromatic rings. The second-order valence-corrected chi connectivity index (χ2v) is 6.21. The van der Waals surface area contributed by atoms with Crippen LogP contribution >= 0.6 is 0 Å². The Balaban J connectivity index is 1.47. The summed E-state index contributed by atoms with van der Waals surface area (Å²) in [5, 5.41) is 0. The molecule has 4 heteroatoms. The molecule has 1 aliphatic rings. The van der Waals surface area contributed by atoms with E-state index >= 15 is 0 Å². The van der Waals surface area contributed by atoms with E-state index in [0.29, 0.717) is 12.1 Å². The molecule has 1 saturated heterocycles. The van der Waals surface area contributed by atoms with E-state index in [1.165, 1.54) is 11.4 Å². The summed E-state index contributed by atoms with van der Waals surface area (Å²) in [6, 6.07) is 8.82. The molecule has 1 aromatic heterocycles. The Labute approximate surface area is 132 Å². The van der Waals surface area contributed by atoms with Crippen LogP contribution < -0.4 is 4.74 Å². The minimum absolute atomic E-state index is 0.318. The molecule has 0 bridgehead atoms. The van der Waals surface area contributed by atoms with Crippen LogP contribution in [-0.4, -0.2) is 39.7 Å². The van der Waals surface area contributed by atoms with E-state index in [9.17, 15) is 0 Å². The lowest BCUT2D eigenvalue weighted by Gasteiger charge is -2.43. The van der Waals surface area contributed by atoms with Crippen LogP contribution in [0.15, 0.2) is 36.7 Å². The van der Waals surface area contributed by atoms with E-state index in [-0.39, 0.29) is 0 Å². The molecule has 0 saturated carbocycles. The van der Waals surface area contributed by atoms with E-state index in [0.717, 1.165) is 31.8 Å². The first kappa shape index (κ1) is 15.1. The monoisotopic (exact) mass is 299 g/mol. The summed E-state index contributed by atoms with van der Waals surface area (Å²) in [5.74, 6) is 2.14. The third kappa shape index (κ3) is 3.33. The highest BCUT2D eigenvalue weighted by Crippen LogP contribution is 2.21. The Morgan fingerprint density at radius 2 is 2.00 bits per heavy atom. The zero-order valence-electron chi connectivity index (χ0n) is 13.7. The fourth-order valence-electron chi connectivity index (χ4n) is 2.93. The van der Waals surface area contributed by atoms with Gasteiger partial charge in [-0.05, 0) is 26.0 Å². The number of aryl methyl sites for hydroxylation is 2. The summed E-state index contributed by atoms with van der Waals surface area (Å²) in [6.45, 7) is 9.54. The van der Waals surface area contributed by atoms with Gasteiger partial charge in [0, 0.05) is 44.5 Å². The normalized spacial score (nSPS) is 17.2. The van der Waals surface area contributed by atoms with Crippen LogP contribution in [0.25, 0.3) is 0 Å². The van der Waals surface area contributed by atoms with Crippen LogP contribution in [0, 0.1) is 6.92 Å². The molecule has 0 spiro atoms. The maximum absolute atomic E-state index is 6.00. The number of hydrogen-bond donors (Lipinski definition) is 0. The lowest BCUT2D eigenvalue weighted by atomic mass is 10.1. The average molecular weight is 299 g/mol. The van der Waals surface area contributed by atoms with Crippen molar-refractivity contribution in [1.82, 2.24) is 14.5 Å². The Kier molecular flexibility index (Phi) is 4.48. The van der Waals surface area contributed by atoms with Crippen LogP contribution in [0.5, 0.6) is 5.75 Å². The molecule has 118 valence electrons. The predicted octanol–water partition coefficient (Wildman–Crippen LogP) is 2.91. The summed E-state index contributed by atoms with van der Waals surface area (Å²) in [4.78, 5) is 6.86. The van der Waals surface area contributed by atoms with Crippen molar-refractivity contribution in [1.29, 1.82) is 0 Å². The first-order chi connectivity index (χ1) is 10.7. The average Bonchev–Trinajstić information content (AvgIpc) is 2.91. The smallest absolute Gasteiger partial charge is 0.124 e. The van der Waals surface area contributed by atoms with Crippen LogP contribution in [0.4, 0.5) is 0 Å². The third-order valence-electron chi connectivity index (χ3n) is 4.40. The van der Waals surface area contributed by atoms with Gasteiger partial charge >= 0.3 is 0 Å². The van der Waals surface area contributed by atoms with E-state index in [2.05, 4.69) is 65.7 Å². The number of nitrogens with zero attached hydrogens (tertiary/aromatic N) is 3. The number of aromatic nitrogens is 2. The Morgan fingerprint density at radius 1 is 1.27 bits per heavy atom. The fourth-order valence-corrected chi connectivity index (χ4v) is 2.93. The molecule has 0 aliphatic carbocycles. The number of imidazole rings is 1. The number of rotatable bonds is 6. The standard InChI is InChI=1S/C18H25N3O/c1-4-18-19-9-10-20(18)11-15(3)21-12-17(13-21)22-16-7-5-14(2)6-8-16/h5-10,15,17H,4,11-13H2,1-3H3/t15-/m1/s1. The summed E-state index contributed by atoms with van der Waals surface area (Å²) in [6.07, 6.45) is 5.28. The van der Waals surface area contributed by atoms with E-state index in [1.807, 2.05) is 6.20 Å². The number of hydrogen-bond acceptors (Lipinski definition) is 3. The molecule has 1 atom stereocenters. The van der Waals surface area contributed by atoms with Crippen molar-refractivity contribution in [3.63, 3.8) is 0 Å². The second-order valence-electron chi connectivity index (χ2n) is 6.21. The van der Waals surface area contributed by atoms with Crippen molar-refractivity contribution in [2.45, 2.75) is 45.9 Å². The van der Waals surface area contributed by atoms with Crippen molar-refractivity contribution in [2.24, 2.45) is 0 Å². The zero-order chi connectivity index (χ0) is 15.5. The van der Waals surface area contributed by atoms with Gasteiger partial charge in [0.15, 0.2) is 0 Å². The third-order valence-corrected chi connectivity index (χ3v) is 4.40. The maximum Gasteiger partial charge on any atom is 0.124 e. The highest BCUT2D eigenvalue weighted by molar-refractivity contribution is 5.26. The number of likely N-dealkylation sites (tertiary alicyclic amines) is 1. The largest absolute Gasteiger partial charge is 0.488 e. The van der Waals surface area contributed by atoms with Gasteiger partial charge in [-0.3, -0.25) is 4.90 Å². The highest BCUT2D eigenvalue weighted by atomic mass is 16.5.